The van der Waals surface area contributed by atoms with Gasteiger partial charge < -0.3 is 5.32 Å². The Bertz CT molecular complexity index is 928. The Balaban J connectivity index is 1.38. The van der Waals surface area contributed by atoms with Crippen LogP contribution in [0.2, 0.25) is 0 Å². The van der Waals surface area contributed by atoms with E-state index < -0.39 is 0 Å². The largest absolute Gasteiger partial charge is 0.335 e. The monoisotopic (exact) mass is 361 g/mol. The standard InChI is InChI=1S/C22H20FN3O/c23-19-8-4-7-18(13-19)20-14-21(26-25-20)24-22(27)17-11-9-16(10-12-17)15-5-2-1-3-6-15/h1-13,20-21,25-26H,14H2,(H,24,27). The number of benzene rings is 3. The molecule has 4 nitrogen and oxygen atoms in total. The Labute approximate surface area is 157 Å². The van der Waals surface area contributed by atoms with Gasteiger partial charge in [0, 0.05) is 18.0 Å². The van der Waals surface area contributed by atoms with Crippen molar-refractivity contribution in [3.05, 3.63) is 95.8 Å². The molecule has 0 aliphatic carbocycles. The molecule has 1 heterocycles. The van der Waals surface area contributed by atoms with E-state index in [-0.39, 0.29) is 23.9 Å². The molecule has 1 aliphatic heterocycles. The lowest BCUT2D eigenvalue weighted by Crippen LogP contribution is -2.44. The van der Waals surface area contributed by atoms with Gasteiger partial charge in [-0.1, -0.05) is 54.6 Å². The zero-order chi connectivity index (χ0) is 18.6. The van der Waals surface area contributed by atoms with Crippen LogP contribution < -0.4 is 16.2 Å². The smallest absolute Gasteiger partial charge is 0.252 e. The maximum atomic E-state index is 13.4. The number of amides is 1. The van der Waals surface area contributed by atoms with Crippen molar-refractivity contribution < 1.29 is 9.18 Å². The van der Waals surface area contributed by atoms with Gasteiger partial charge in [0.2, 0.25) is 0 Å². The highest BCUT2D eigenvalue weighted by Gasteiger charge is 2.26. The number of hydrogen-bond donors (Lipinski definition) is 3. The molecule has 0 spiro atoms. The number of nitrogens with one attached hydrogen (secondary N) is 3. The average Bonchev–Trinajstić information content (AvgIpc) is 3.17. The van der Waals surface area contributed by atoms with E-state index in [4.69, 9.17) is 0 Å². The van der Waals surface area contributed by atoms with E-state index in [0.717, 1.165) is 16.7 Å². The third kappa shape index (κ3) is 4.05. The number of halogens is 1. The molecular weight excluding hydrogens is 341 g/mol. The number of carbonyl (C=O) groups is 1. The Kier molecular flexibility index (Phi) is 4.96. The van der Waals surface area contributed by atoms with Crippen LogP contribution in [0.5, 0.6) is 0 Å². The fourth-order valence-electron chi connectivity index (χ4n) is 3.28. The van der Waals surface area contributed by atoms with Crippen molar-refractivity contribution in [1.82, 2.24) is 16.2 Å². The number of hydrogen-bond acceptors (Lipinski definition) is 3. The van der Waals surface area contributed by atoms with Crippen LogP contribution in [0.1, 0.15) is 28.4 Å². The summed E-state index contributed by atoms with van der Waals surface area (Å²) in [5.41, 5.74) is 9.80. The van der Waals surface area contributed by atoms with E-state index in [0.29, 0.717) is 12.0 Å². The highest BCUT2D eigenvalue weighted by molar-refractivity contribution is 5.94. The molecule has 0 bridgehead atoms. The second-order valence-corrected chi connectivity index (χ2v) is 6.60. The van der Waals surface area contributed by atoms with Crippen LogP contribution in [0.3, 0.4) is 0 Å². The van der Waals surface area contributed by atoms with Gasteiger partial charge in [0.05, 0.1) is 6.17 Å². The highest BCUT2D eigenvalue weighted by atomic mass is 19.1. The van der Waals surface area contributed by atoms with Crippen molar-refractivity contribution in [3.8, 4) is 11.1 Å². The van der Waals surface area contributed by atoms with Gasteiger partial charge >= 0.3 is 0 Å². The van der Waals surface area contributed by atoms with Crippen LogP contribution in [0.4, 0.5) is 4.39 Å². The Morgan fingerprint density at radius 3 is 2.37 bits per heavy atom. The molecule has 3 aromatic carbocycles. The minimum atomic E-state index is -0.264. The molecule has 1 fully saturated rings. The van der Waals surface area contributed by atoms with E-state index in [2.05, 4.69) is 16.2 Å². The van der Waals surface area contributed by atoms with Crippen LogP contribution in [0.15, 0.2) is 78.9 Å². The Hall–Kier alpha value is -3.02. The molecule has 0 radical (unpaired) electrons. The normalized spacial score (nSPS) is 19.0. The third-order valence-electron chi connectivity index (χ3n) is 4.71. The molecule has 27 heavy (non-hydrogen) atoms. The van der Waals surface area contributed by atoms with E-state index in [1.54, 1.807) is 6.07 Å². The first kappa shape index (κ1) is 17.4. The summed E-state index contributed by atoms with van der Waals surface area (Å²) in [5, 5.41) is 2.96. The summed E-state index contributed by atoms with van der Waals surface area (Å²) in [6.45, 7) is 0. The first-order valence-corrected chi connectivity index (χ1v) is 8.92. The predicted octanol–water partition coefficient (Wildman–Crippen LogP) is 3.79. The maximum Gasteiger partial charge on any atom is 0.252 e. The zero-order valence-corrected chi connectivity index (χ0v) is 14.7. The van der Waals surface area contributed by atoms with Gasteiger partial charge in [0.1, 0.15) is 5.82 Å². The first-order valence-electron chi connectivity index (χ1n) is 8.92. The summed E-state index contributed by atoms with van der Waals surface area (Å²) in [6, 6.07) is 24.0. The Morgan fingerprint density at radius 1 is 0.889 bits per heavy atom. The summed E-state index contributed by atoms with van der Waals surface area (Å²) in [7, 11) is 0. The predicted molar refractivity (Wildman–Crippen MR) is 103 cm³/mol. The van der Waals surface area contributed by atoms with Crippen molar-refractivity contribution in [2.24, 2.45) is 0 Å². The topological polar surface area (TPSA) is 53.2 Å². The molecule has 2 unspecified atom stereocenters. The number of carbonyl (C=O) groups excluding carboxylic acids is 1. The third-order valence-corrected chi connectivity index (χ3v) is 4.71. The van der Waals surface area contributed by atoms with Crippen LogP contribution in [-0.2, 0) is 0 Å². The summed E-state index contributed by atoms with van der Waals surface area (Å²) < 4.78 is 13.4. The lowest BCUT2D eigenvalue weighted by Gasteiger charge is -2.12. The van der Waals surface area contributed by atoms with Gasteiger partial charge in [0.15, 0.2) is 0 Å². The van der Waals surface area contributed by atoms with Gasteiger partial charge in [-0.15, -0.1) is 0 Å². The average molecular weight is 361 g/mol. The van der Waals surface area contributed by atoms with Crippen molar-refractivity contribution in [3.63, 3.8) is 0 Å². The second kappa shape index (κ2) is 7.70. The molecule has 2 atom stereocenters. The molecule has 1 amide bonds. The summed E-state index contributed by atoms with van der Waals surface area (Å²) in [5.74, 6) is -0.408. The van der Waals surface area contributed by atoms with Crippen LogP contribution >= 0.6 is 0 Å². The highest BCUT2D eigenvalue weighted by Crippen LogP contribution is 2.22. The second-order valence-electron chi connectivity index (χ2n) is 6.60. The van der Waals surface area contributed by atoms with Crippen molar-refractivity contribution in [1.29, 1.82) is 0 Å². The van der Waals surface area contributed by atoms with Gasteiger partial charge in [-0.05, 0) is 41.0 Å². The Morgan fingerprint density at radius 2 is 1.63 bits per heavy atom. The summed E-state index contributed by atoms with van der Waals surface area (Å²) >= 11 is 0. The van der Waals surface area contributed by atoms with E-state index in [9.17, 15) is 9.18 Å². The molecule has 5 heteroatoms. The summed E-state index contributed by atoms with van der Waals surface area (Å²) in [4.78, 5) is 12.5. The van der Waals surface area contributed by atoms with E-state index in [1.165, 1.54) is 12.1 Å². The SMILES string of the molecule is O=C(NC1CC(c2cccc(F)c2)NN1)c1ccc(-c2ccccc2)cc1. The maximum absolute atomic E-state index is 13.4. The first-order chi connectivity index (χ1) is 13.2. The van der Waals surface area contributed by atoms with Crippen LogP contribution in [-0.4, -0.2) is 12.1 Å². The molecule has 1 aliphatic rings. The minimum absolute atomic E-state index is 0.0496. The van der Waals surface area contributed by atoms with Gasteiger partial charge in [-0.2, -0.15) is 0 Å². The van der Waals surface area contributed by atoms with Gasteiger partial charge in [0.25, 0.3) is 5.91 Å². The quantitative estimate of drug-likeness (QED) is 0.663. The summed E-state index contributed by atoms with van der Waals surface area (Å²) in [6.07, 6.45) is 0.414. The minimum Gasteiger partial charge on any atom is -0.335 e. The molecule has 3 aromatic rings. The van der Waals surface area contributed by atoms with E-state index >= 15 is 0 Å². The fraction of sp³-hybridized carbons (Fsp3) is 0.136. The fourth-order valence-corrected chi connectivity index (χ4v) is 3.28. The van der Waals surface area contributed by atoms with E-state index in [1.807, 2.05) is 60.7 Å². The molecular formula is C22H20FN3O. The molecule has 0 saturated carbocycles. The molecule has 3 N–H and O–H groups in total. The van der Waals surface area contributed by atoms with Crippen molar-refractivity contribution in [2.45, 2.75) is 18.6 Å². The lowest BCUT2D eigenvalue weighted by molar-refractivity contribution is 0.0932. The van der Waals surface area contributed by atoms with Crippen molar-refractivity contribution >= 4 is 5.91 Å². The van der Waals surface area contributed by atoms with Gasteiger partial charge in [-0.3, -0.25) is 4.79 Å². The van der Waals surface area contributed by atoms with Crippen molar-refractivity contribution in [2.75, 3.05) is 0 Å². The van der Waals surface area contributed by atoms with Gasteiger partial charge in [-0.25, -0.2) is 15.2 Å². The molecule has 136 valence electrons. The number of rotatable bonds is 4. The molecule has 0 aromatic heterocycles. The van der Waals surface area contributed by atoms with Crippen LogP contribution in [0.25, 0.3) is 11.1 Å². The molecule has 1 saturated heterocycles. The zero-order valence-electron chi connectivity index (χ0n) is 14.7. The number of hydrazine groups is 1. The molecule has 4 rings (SSSR count). The lowest BCUT2D eigenvalue weighted by atomic mass is 10.0. The van der Waals surface area contributed by atoms with Crippen LogP contribution in [0, 0.1) is 5.82 Å².